The number of hydrogen-bond donors (Lipinski definition) is 3. The first-order valence-electron chi connectivity index (χ1n) is 8.12. The van der Waals surface area contributed by atoms with Crippen molar-refractivity contribution < 1.29 is 9.18 Å². The van der Waals surface area contributed by atoms with E-state index < -0.39 is 0 Å². The van der Waals surface area contributed by atoms with Crippen molar-refractivity contribution in [2.75, 3.05) is 18.4 Å². The van der Waals surface area contributed by atoms with E-state index in [9.17, 15) is 9.18 Å². The fraction of sp³-hybridized carbons (Fsp3) is 0.353. The number of nitrogens with zero attached hydrogens (tertiary/aromatic N) is 2. The molecule has 0 spiro atoms. The minimum atomic E-state index is -0.344. The number of benzene rings is 1. The molecule has 8 heteroatoms. The minimum absolute atomic E-state index is 0.0369. The van der Waals surface area contributed by atoms with Gasteiger partial charge in [-0.15, -0.1) is 11.3 Å². The van der Waals surface area contributed by atoms with Crippen LogP contribution in [0.4, 0.5) is 10.1 Å². The van der Waals surface area contributed by atoms with E-state index in [4.69, 9.17) is 0 Å². The van der Waals surface area contributed by atoms with E-state index in [1.54, 1.807) is 11.3 Å². The predicted molar refractivity (Wildman–Crippen MR) is 99.3 cm³/mol. The van der Waals surface area contributed by atoms with E-state index in [-0.39, 0.29) is 18.3 Å². The molecular formula is C17H22FN5OS. The Hall–Kier alpha value is -2.48. The molecule has 3 N–H and O–H groups in total. The highest BCUT2D eigenvalue weighted by Crippen LogP contribution is 2.12. The van der Waals surface area contributed by atoms with Crippen LogP contribution in [0.1, 0.15) is 23.7 Å². The van der Waals surface area contributed by atoms with Crippen molar-refractivity contribution in [2.24, 2.45) is 4.99 Å². The number of nitrogens with one attached hydrogen (secondary N) is 3. The number of amides is 1. The number of anilines is 1. The lowest BCUT2D eigenvalue weighted by molar-refractivity contribution is -0.114. The van der Waals surface area contributed by atoms with Crippen molar-refractivity contribution in [3.8, 4) is 0 Å². The van der Waals surface area contributed by atoms with Crippen molar-refractivity contribution >= 4 is 28.9 Å². The number of thiazole rings is 1. The van der Waals surface area contributed by atoms with Crippen LogP contribution in [0.25, 0.3) is 0 Å². The standard InChI is InChI=1S/C17H22FN5OS/c1-3-14-9-20-16(25-14)11-22-17(19-4-2)21-10-15(24)23-13-7-5-12(18)6-8-13/h5-9H,3-4,10-11H2,1-2H3,(H,23,24)(H2,19,21,22). The fourth-order valence-corrected chi connectivity index (χ4v) is 2.78. The Labute approximate surface area is 150 Å². The van der Waals surface area contributed by atoms with Gasteiger partial charge in [0.25, 0.3) is 0 Å². The molecule has 1 heterocycles. The van der Waals surface area contributed by atoms with Crippen LogP contribution in [0.15, 0.2) is 35.5 Å². The lowest BCUT2D eigenvalue weighted by Gasteiger charge is -2.10. The summed E-state index contributed by atoms with van der Waals surface area (Å²) in [5.41, 5.74) is 0.537. The second-order valence-corrected chi connectivity index (χ2v) is 6.38. The molecule has 1 aromatic carbocycles. The Morgan fingerprint density at radius 2 is 2.00 bits per heavy atom. The van der Waals surface area contributed by atoms with Crippen LogP contribution < -0.4 is 16.0 Å². The minimum Gasteiger partial charge on any atom is -0.357 e. The molecule has 0 atom stereocenters. The monoisotopic (exact) mass is 363 g/mol. The topological polar surface area (TPSA) is 78.4 Å². The maximum atomic E-state index is 12.9. The van der Waals surface area contributed by atoms with Crippen LogP contribution >= 0.6 is 11.3 Å². The molecule has 1 aromatic heterocycles. The number of aliphatic imine (C=N–C) groups is 1. The zero-order valence-electron chi connectivity index (χ0n) is 14.3. The van der Waals surface area contributed by atoms with Crippen molar-refractivity contribution in [2.45, 2.75) is 26.8 Å². The van der Waals surface area contributed by atoms with E-state index in [0.717, 1.165) is 11.4 Å². The third-order valence-electron chi connectivity index (χ3n) is 3.21. The molecule has 25 heavy (non-hydrogen) atoms. The summed E-state index contributed by atoms with van der Waals surface area (Å²) < 4.78 is 12.9. The summed E-state index contributed by atoms with van der Waals surface area (Å²) in [7, 11) is 0. The fourth-order valence-electron chi connectivity index (χ4n) is 1.98. The molecule has 0 saturated heterocycles. The lowest BCUT2D eigenvalue weighted by atomic mass is 10.3. The summed E-state index contributed by atoms with van der Waals surface area (Å²) in [5, 5.41) is 9.89. The van der Waals surface area contributed by atoms with Crippen molar-refractivity contribution in [3.05, 3.63) is 46.2 Å². The highest BCUT2D eigenvalue weighted by Gasteiger charge is 2.05. The predicted octanol–water partition coefficient (Wildman–Crippen LogP) is 2.54. The largest absolute Gasteiger partial charge is 0.357 e. The van der Waals surface area contributed by atoms with Gasteiger partial charge < -0.3 is 16.0 Å². The Morgan fingerprint density at radius 1 is 1.24 bits per heavy atom. The molecule has 0 fully saturated rings. The Bertz CT molecular complexity index is 714. The van der Waals surface area contributed by atoms with E-state index in [1.165, 1.54) is 29.1 Å². The number of rotatable bonds is 7. The summed E-state index contributed by atoms with van der Waals surface area (Å²) in [4.78, 5) is 21.8. The SMILES string of the molecule is CCNC(=NCC(=O)Nc1ccc(F)cc1)NCc1ncc(CC)s1. The first kappa shape index (κ1) is 18.9. The van der Waals surface area contributed by atoms with Gasteiger partial charge in [0.15, 0.2) is 5.96 Å². The smallest absolute Gasteiger partial charge is 0.246 e. The summed E-state index contributed by atoms with van der Waals surface area (Å²) >= 11 is 1.65. The van der Waals surface area contributed by atoms with E-state index in [0.29, 0.717) is 24.7 Å². The van der Waals surface area contributed by atoms with E-state index in [1.807, 2.05) is 13.1 Å². The second-order valence-electron chi connectivity index (χ2n) is 5.18. The molecule has 0 aliphatic rings. The molecule has 1 amide bonds. The lowest BCUT2D eigenvalue weighted by Crippen LogP contribution is -2.37. The van der Waals surface area contributed by atoms with E-state index >= 15 is 0 Å². The molecule has 0 radical (unpaired) electrons. The zero-order chi connectivity index (χ0) is 18.1. The van der Waals surface area contributed by atoms with Gasteiger partial charge in [0.05, 0.1) is 6.54 Å². The maximum absolute atomic E-state index is 12.9. The molecule has 2 aromatic rings. The Kier molecular flexibility index (Phi) is 7.34. The first-order valence-corrected chi connectivity index (χ1v) is 8.93. The molecular weight excluding hydrogens is 341 g/mol. The van der Waals surface area contributed by atoms with Gasteiger partial charge in [0.1, 0.15) is 17.4 Å². The number of carbonyl (C=O) groups is 1. The summed E-state index contributed by atoms with van der Waals surface area (Å²) in [5.74, 6) is -0.0700. The summed E-state index contributed by atoms with van der Waals surface area (Å²) in [6.07, 6.45) is 2.84. The molecule has 0 aliphatic heterocycles. The number of aromatic nitrogens is 1. The van der Waals surface area contributed by atoms with Crippen LogP contribution in [0.2, 0.25) is 0 Å². The number of halogens is 1. The molecule has 0 bridgehead atoms. The second kappa shape index (κ2) is 9.73. The third-order valence-corrected chi connectivity index (χ3v) is 4.35. The quantitative estimate of drug-likeness (QED) is 0.522. The number of aryl methyl sites for hydroxylation is 1. The molecule has 0 saturated carbocycles. The molecule has 0 aliphatic carbocycles. The summed E-state index contributed by atoms with van der Waals surface area (Å²) in [6.45, 7) is 5.24. The zero-order valence-corrected chi connectivity index (χ0v) is 15.1. The van der Waals surface area contributed by atoms with Gasteiger partial charge in [-0.2, -0.15) is 0 Å². The van der Waals surface area contributed by atoms with E-state index in [2.05, 4.69) is 32.9 Å². The number of hydrogen-bond acceptors (Lipinski definition) is 4. The van der Waals surface area contributed by atoms with Crippen molar-refractivity contribution in [1.29, 1.82) is 0 Å². The van der Waals surface area contributed by atoms with Crippen molar-refractivity contribution in [3.63, 3.8) is 0 Å². The van der Waals surface area contributed by atoms with Crippen LogP contribution in [-0.2, 0) is 17.8 Å². The summed E-state index contributed by atoms with van der Waals surface area (Å²) in [6, 6.07) is 5.61. The normalized spacial score (nSPS) is 11.2. The Morgan fingerprint density at radius 3 is 2.64 bits per heavy atom. The van der Waals surface area contributed by atoms with Gasteiger partial charge in [-0.25, -0.2) is 14.4 Å². The van der Waals surface area contributed by atoms with Crippen LogP contribution in [0.5, 0.6) is 0 Å². The van der Waals surface area contributed by atoms with Gasteiger partial charge in [0.2, 0.25) is 5.91 Å². The first-order chi connectivity index (χ1) is 12.1. The Balaban J connectivity index is 1.87. The molecule has 2 rings (SSSR count). The molecule has 0 unspecified atom stereocenters. The van der Waals surface area contributed by atoms with Crippen LogP contribution in [0, 0.1) is 5.82 Å². The average molecular weight is 363 g/mol. The average Bonchev–Trinajstić information content (AvgIpc) is 3.07. The van der Waals surface area contributed by atoms with Gasteiger partial charge in [-0.1, -0.05) is 6.92 Å². The molecule has 134 valence electrons. The number of carbonyl (C=O) groups excluding carboxylic acids is 1. The van der Waals surface area contributed by atoms with Crippen molar-refractivity contribution in [1.82, 2.24) is 15.6 Å². The number of guanidine groups is 1. The molecule has 6 nitrogen and oxygen atoms in total. The third kappa shape index (κ3) is 6.50. The van der Waals surface area contributed by atoms with Crippen LogP contribution in [0.3, 0.4) is 0 Å². The highest BCUT2D eigenvalue weighted by atomic mass is 32.1. The maximum Gasteiger partial charge on any atom is 0.246 e. The highest BCUT2D eigenvalue weighted by molar-refractivity contribution is 7.11. The van der Waals surface area contributed by atoms with Crippen LogP contribution in [-0.4, -0.2) is 29.9 Å². The van der Waals surface area contributed by atoms with Gasteiger partial charge in [-0.05, 0) is 37.6 Å². The van der Waals surface area contributed by atoms with Gasteiger partial charge >= 0.3 is 0 Å². The van der Waals surface area contributed by atoms with Gasteiger partial charge in [0, 0.05) is 23.3 Å². The van der Waals surface area contributed by atoms with Gasteiger partial charge in [-0.3, -0.25) is 4.79 Å².